The lowest BCUT2D eigenvalue weighted by molar-refractivity contribution is -0.117. The number of hydrogen-bond donors (Lipinski definition) is 3. The van der Waals surface area contributed by atoms with Gasteiger partial charge in [0.1, 0.15) is 0 Å². The Morgan fingerprint density at radius 2 is 2.17 bits per heavy atom. The van der Waals surface area contributed by atoms with Crippen molar-refractivity contribution in [3.05, 3.63) is 23.2 Å². The number of carbonyl (C=O) groups is 2. The first-order chi connectivity index (χ1) is 8.52. The average Bonchev–Trinajstić information content (AvgIpc) is 2.30. The molecule has 0 radical (unpaired) electrons. The summed E-state index contributed by atoms with van der Waals surface area (Å²) >= 11 is 7.17. The number of urea groups is 1. The minimum absolute atomic E-state index is 0.0975. The predicted octanol–water partition coefficient (Wildman–Crippen LogP) is 1.86. The van der Waals surface area contributed by atoms with Crippen molar-refractivity contribution in [2.45, 2.75) is 11.8 Å². The number of anilines is 1. The first-order valence-corrected chi connectivity index (χ1v) is 6.64. The van der Waals surface area contributed by atoms with Crippen LogP contribution >= 0.6 is 23.4 Å². The summed E-state index contributed by atoms with van der Waals surface area (Å²) in [5, 5.41) is 5.20. The number of hydrogen-bond acceptors (Lipinski definition) is 4. The predicted molar refractivity (Wildman–Crippen MR) is 73.8 cm³/mol. The Bertz CT molecular complexity index is 454. The van der Waals surface area contributed by atoms with Gasteiger partial charge in [-0.3, -0.25) is 10.1 Å². The van der Waals surface area contributed by atoms with Crippen LogP contribution < -0.4 is 16.4 Å². The third-order valence-corrected chi connectivity index (χ3v) is 3.40. The molecule has 0 aliphatic carbocycles. The van der Waals surface area contributed by atoms with Crippen molar-refractivity contribution in [3.8, 4) is 0 Å². The van der Waals surface area contributed by atoms with Crippen molar-refractivity contribution in [3.63, 3.8) is 0 Å². The van der Waals surface area contributed by atoms with Gasteiger partial charge in [-0.2, -0.15) is 0 Å². The molecule has 0 atom stereocenters. The fourth-order valence-electron chi connectivity index (χ4n) is 1.14. The molecule has 5 nitrogen and oxygen atoms in total. The molecular weight excluding hydrogens is 274 g/mol. The molecule has 0 bridgehead atoms. The number of nitrogen functional groups attached to an aromatic ring is 1. The molecule has 0 aliphatic heterocycles. The quantitative estimate of drug-likeness (QED) is 0.583. The highest BCUT2D eigenvalue weighted by Gasteiger charge is 2.09. The van der Waals surface area contributed by atoms with E-state index in [0.717, 1.165) is 0 Å². The van der Waals surface area contributed by atoms with Gasteiger partial charge in [-0.05, 0) is 25.1 Å². The topological polar surface area (TPSA) is 84.2 Å². The lowest BCUT2D eigenvalue weighted by Gasteiger charge is -2.06. The maximum atomic E-state index is 11.4. The zero-order valence-corrected chi connectivity index (χ0v) is 11.4. The SMILES string of the molecule is CCNC(=O)NC(=O)CSc1cc(N)ccc1Cl. The molecule has 0 aromatic heterocycles. The zero-order valence-electron chi connectivity index (χ0n) is 9.83. The zero-order chi connectivity index (χ0) is 13.5. The van der Waals surface area contributed by atoms with Gasteiger partial charge in [0, 0.05) is 17.1 Å². The summed E-state index contributed by atoms with van der Waals surface area (Å²) in [4.78, 5) is 23.2. The lowest BCUT2D eigenvalue weighted by Crippen LogP contribution is -2.40. The Kier molecular flexibility index (Phi) is 5.80. The number of nitrogens with two attached hydrogens (primary N) is 1. The minimum atomic E-state index is -0.498. The van der Waals surface area contributed by atoms with E-state index >= 15 is 0 Å². The van der Waals surface area contributed by atoms with Gasteiger partial charge in [0.15, 0.2) is 0 Å². The molecule has 0 spiro atoms. The van der Waals surface area contributed by atoms with Gasteiger partial charge >= 0.3 is 6.03 Å². The van der Waals surface area contributed by atoms with E-state index in [1.807, 2.05) is 0 Å². The van der Waals surface area contributed by atoms with Gasteiger partial charge in [-0.25, -0.2) is 4.79 Å². The maximum Gasteiger partial charge on any atom is 0.321 e. The van der Waals surface area contributed by atoms with Crippen LogP contribution in [0.15, 0.2) is 23.1 Å². The Hall–Kier alpha value is -1.40. The van der Waals surface area contributed by atoms with Gasteiger partial charge in [-0.15, -0.1) is 11.8 Å². The molecule has 18 heavy (non-hydrogen) atoms. The van der Waals surface area contributed by atoms with Gasteiger partial charge in [0.25, 0.3) is 0 Å². The van der Waals surface area contributed by atoms with Crippen molar-refractivity contribution in [2.75, 3.05) is 18.0 Å². The van der Waals surface area contributed by atoms with Crippen LogP contribution in [0.4, 0.5) is 10.5 Å². The van der Waals surface area contributed by atoms with Crippen molar-refractivity contribution in [1.82, 2.24) is 10.6 Å². The highest BCUT2D eigenvalue weighted by molar-refractivity contribution is 8.00. The third-order valence-electron chi connectivity index (χ3n) is 1.90. The number of amides is 3. The Morgan fingerprint density at radius 3 is 2.83 bits per heavy atom. The van der Waals surface area contributed by atoms with E-state index in [4.69, 9.17) is 17.3 Å². The molecule has 1 rings (SSSR count). The van der Waals surface area contributed by atoms with E-state index in [1.54, 1.807) is 25.1 Å². The maximum absolute atomic E-state index is 11.4. The standard InChI is InChI=1S/C11H14ClN3O2S/c1-2-14-11(17)15-10(16)6-18-9-5-7(13)3-4-8(9)12/h3-5H,2,6,13H2,1H3,(H2,14,15,16,17). The van der Waals surface area contributed by atoms with Gasteiger partial charge in [-0.1, -0.05) is 11.6 Å². The van der Waals surface area contributed by atoms with Crippen LogP contribution in [0, 0.1) is 0 Å². The monoisotopic (exact) mass is 287 g/mol. The molecular formula is C11H14ClN3O2S. The van der Waals surface area contributed by atoms with Gasteiger partial charge < -0.3 is 11.1 Å². The second kappa shape index (κ2) is 7.13. The number of carbonyl (C=O) groups excluding carboxylic acids is 2. The number of thioether (sulfide) groups is 1. The smallest absolute Gasteiger partial charge is 0.321 e. The second-order valence-corrected chi connectivity index (χ2v) is 4.81. The summed E-state index contributed by atoms with van der Waals surface area (Å²) in [6, 6.07) is 4.54. The molecule has 0 heterocycles. The summed E-state index contributed by atoms with van der Waals surface area (Å²) in [6.45, 7) is 2.23. The van der Waals surface area contributed by atoms with Crippen LogP contribution in [0.3, 0.4) is 0 Å². The van der Waals surface area contributed by atoms with E-state index in [0.29, 0.717) is 22.2 Å². The summed E-state index contributed by atoms with van der Waals surface area (Å²) in [5.41, 5.74) is 6.19. The number of halogens is 1. The second-order valence-electron chi connectivity index (χ2n) is 3.39. The molecule has 0 aliphatic rings. The molecule has 4 N–H and O–H groups in total. The highest BCUT2D eigenvalue weighted by Crippen LogP contribution is 2.28. The molecule has 1 aromatic carbocycles. The van der Waals surface area contributed by atoms with Crippen LogP contribution in [0.2, 0.25) is 5.02 Å². The number of imide groups is 1. The molecule has 0 unspecified atom stereocenters. The number of rotatable bonds is 4. The summed E-state index contributed by atoms with van der Waals surface area (Å²) < 4.78 is 0. The fourth-order valence-corrected chi connectivity index (χ4v) is 2.21. The van der Waals surface area contributed by atoms with Crippen LogP contribution in [-0.2, 0) is 4.79 Å². The van der Waals surface area contributed by atoms with E-state index in [1.165, 1.54) is 11.8 Å². The molecule has 0 fully saturated rings. The summed E-state index contributed by atoms with van der Waals surface area (Å²) in [6.07, 6.45) is 0. The van der Waals surface area contributed by atoms with Gasteiger partial charge in [0.05, 0.1) is 10.8 Å². The van der Waals surface area contributed by atoms with E-state index in [2.05, 4.69) is 10.6 Å². The molecule has 1 aromatic rings. The van der Waals surface area contributed by atoms with Crippen LogP contribution in [-0.4, -0.2) is 24.2 Å². The van der Waals surface area contributed by atoms with Crippen molar-refractivity contribution in [2.24, 2.45) is 0 Å². The first-order valence-electron chi connectivity index (χ1n) is 5.28. The van der Waals surface area contributed by atoms with Crippen molar-refractivity contribution in [1.29, 1.82) is 0 Å². The first kappa shape index (κ1) is 14.7. The summed E-state index contributed by atoms with van der Waals surface area (Å²) in [7, 11) is 0. The average molecular weight is 288 g/mol. The van der Waals surface area contributed by atoms with E-state index in [9.17, 15) is 9.59 Å². The molecule has 0 saturated heterocycles. The normalized spacial score (nSPS) is 9.89. The molecule has 3 amide bonds. The molecule has 7 heteroatoms. The number of benzene rings is 1. The van der Waals surface area contributed by atoms with E-state index < -0.39 is 6.03 Å². The molecule has 98 valence electrons. The van der Waals surface area contributed by atoms with Crippen molar-refractivity contribution < 1.29 is 9.59 Å². The Labute approximate surface area is 114 Å². The van der Waals surface area contributed by atoms with Crippen LogP contribution in [0.5, 0.6) is 0 Å². The van der Waals surface area contributed by atoms with Gasteiger partial charge in [0.2, 0.25) is 5.91 Å². The highest BCUT2D eigenvalue weighted by atomic mass is 35.5. The van der Waals surface area contributed by atoms with Crippen molar-refractivity contribution >= 4 is 41.0 Å². The molecule has 0 saturated carbocycles. The Morgan fingerprint density at radius 1 is 1.44 bits per heavy atom. The Balaban J connectivity index is 2.47. The van der Waals surface area contributed by atoms with Crippen LogP contribution in [0.1, 0.15) is 6.92 Å². The number of nitrogens with one attached hydrogen (secondary N) is 2. The van der Waals surface area contributed by atoms with Crippen LogP contribution in [0.25, 0.3) is 0 Å². The minimum Gasteiger partial charge on any atom is -0.399 e. The lowest BCUT2D eigenvalue weighted by atomic mass is 10.3. The third kappa shape index (κ3) is 4.85. The summed E-state index contributed by atoms with van der Waals surface area (Å²) in [5.74, 6) is -0.287. The van der Waals surface area contributed by atoms with E-state index in [-0.39, 0.29) is 11.7 Å². The fraction of sp³-hybridized carbons (Fsp3) is 0.273. The largest absolute Gasteiger partial charge is 0.399 e.